The van der Waals surface area contributed by atoms with E-state index in [0.717, 1.165) is 0 Å². The fourth-order valence-electron chi connectivity index (χ4n) is 0.456. The van der Waals surface area contributed by atoms with E-state index in [2.05, 4.69) is 0 Å². The first-order valence-corrected chi connectivity index (χ1v) is 4.44. The van der Waals surface area contributed by atoms with Gasteiger partial charge in [-0.15, -0.1) is 0 Å². The van der Waals surface area contributed by atoms with Crippen LogP contribution in [-0.2, 0) is 15.6 Å². The van der Waals surface area contributed by atoms with Crippen LogP contribution < -0.4 is 5.73 Å². The Balaban J connectivity index is 3.85. The number of carboxylic acid groups (broad SMARTS) is 1. The molecule has 0 amide bonds. The van der Waals surface area contributed by atoms with E-state index in [1.165, 1.54) is 5.41 Å². The Hall–Kier alpha value is -0.680. The van der Waals surface area contributed by atoms with Crippen molar-refractivity contribution in [2.75, 3.05) is 5.75 Å². The third-order valence-electron chi connectivity index (χ3n) is 0.949. The molecular formula is C6H11NO3S. The van der Waals surface area contributed by atoms with Crippen molar-refractivity contribution in [1.29, 1.82) is 0 Å². The van der Waals surface area contributed by atoms with Crippen LogP contribution >= 0.6 is 0 Å². The smallest absolute Gasteiger partial charge is 0.321 e. The maximum Gasteiger partial charge on any atom is 0.321 e. The summed E-state index contributed by atoms with van der Waals surface area (Å²) in [5.41, 5.74) is 5.12. The number of rotatable bonds is 4. The fraction of sp³-hybridized carbons (Fsp3) is 0.500. The minimum Gasteiger partial charge on any atom is -0.480 e. The second-order valence-electron chi connectivity index (χ2n) is 1.96. The molecule has 11 heavy (non-hydrogen) atoms. The van der Waals surface area contributed by atoms with Gasteiger partial charge in [-0.1, -0.05) is 6.08 Å². The van der Waals surface area contributed by atoms with Crippen LogP contribution in [0, 0.1) is 0 Å². The molecule has 0 aliphatic rings. The van der Waals surface area contributed by atoms with Gasteiger partial charge in [0.25, 0.3) is 0 Å². The van der Waals surface area contributed by atoms with E-state index in [-0.39, 0.29) is 5.75 Å². The number of allylic oxidation sites excluding steroid dienone is 1. The van der Waals surface area contributed by atoms with E-state index in [9.17, 15) is 9.00 Å². The van der Waals surface area contributed by atoms with Crippen molar-refractivity contribution in [3.8, 4) is 0 Å². The second kappa shape index (κ2) is 5.03. The lowest BCUT2D eigenvalue weighted by Gasteiger charge is -2.01. The Morgan fingerprint density at radius 1 is 1.82 bits per heavy atom. The Morgan fingerprint density at radius 2 is 2.36 bits per heavy atom. The van der Waals surface area contributed by atoms with Gasteiger partial charge in [0, 0.05) is 10.8 Å². The molecular weight excluding hydrogens is 166 g/mol. The quantitative estimate of drug-likeness (QED) is 0.616. The summed E-state index contributed by atoms with van der Waals surface area (Å²) in [5, 5.41) is 9.74. The number of carboxylic acids is 1. The highest BCUT2D eigenvalue weighted by molar-refractivity contribution is 7.88. The number of hydrogen-bond acceptors (Lipinski definition) is 3. The minimum absolute atomic E-state index is 0.0281. The summed E-state index contributed by atoms with van der Waals surface area (Å²) in [4.78, 5) is 10.2. The summed E-state index contributed by atoms with van der Waals surface area (Å²) >= 11 is 0. The highest BCUT2D eigenvalue weighted by Crippen LogP contribution is 1.89. The molecule has 64 valence electrons. The van der Waals surface area contributed by atoms with Gasteiger partial charge in [-0.2, -0.15) is 0 Å². The number of nitrogens with two attached hydrogens (primary N) is 1. The van der Waals surface area contributed by atoms with Crippen LogP contribution in [0.3, 0.4) is 0 Å². The van der Waals surface area contributed by atoms with Crippen molar-refractivity contribution in [2.45, 2.75) is 13.0 Å². The molecule has 0 aliphatic carbocycles. The van der Waals surface area contributed by atoms with Crippen LogP contribution in [0.1, 0.15) is 6.92 Å². The standard InChI is InChI=1S/C6H11NO3S/c1-2-3-11(10)4-5(7)6(8)9/h2-3,5H,4,7H2,1H3,(H,8,9)/b3-2+/t5-,11-/m0/s1. The molecule has 0 unspecified atom stereocenters. The normalized spacial score (nSPS) is 16.5. The number of aliphatic carboxylic acids is 1. The van der Waals surface area contributed by atoms with E-state index < -0.39 is 22.8 Å². The Kier molecular flexibility index (Phi) is 4.72. The van der Waals surface area contributed by atoms with Crippen LogP contribution in [0.2, 0.25) is 0 Å². The van der Waals surface area contributed by atoms with E-state index in [1.54, 1.807) is 13.0 Å². The Morgan fingerprint density at radius 3 is 2.73 bits per heavy atom. The van der Waals surface area contributed by atoms with Gasteiger partial charge < -0.3 is 10.8 Å². The predicted octanol–water partition coefficient (Wildman–Crippen LogP) is -0.319. The average Bonchev–Trinajstić information content (AvgIpc) is 1.87. The van der Waals surface area contributed by atoms with Gasteiger partial charge in [0.1, 0.15) is 6.04 Å². The van der Waals surface area contributed by atoms with Crippen LogP contribution in [0.25, 0.3) is 0 Å². The SMILES string of the molecule is C/C=C/[S@](=O)C[C@H](N)C(=O)O. The first-order valence-electron chi connectivity index (χ1n) is 3.06. The molecule has 2 atom stereocenters. The highest BCUT2D eigenvalue weighted by atomic mass is 32.2. The third kappa shape index (κ3) is 4.69. The molecule has 0 aromatic heterocycles. The molecule has 0 fully saturated rings. The van der Waals surface area contributed by atoms with Crippen molar-refractivity contribution >= 4 is 16.8 Å². The number of carbonyl (C=O) groups is 1. The molecule has 0 heterocycles. The third-order valence-corrected chi connectivity index (χ3v) is 2.21. The zero-order chi connectivity index (χ0) is 8.85. The molecule has 0 saturated heterocycles. The first-order chi connectivity index (χ1) is 5.07. The Labute approximate surface area is 67.5 Å². The summed E-state index contributed by atoms with van der Waals surface area (Å²) in [5.74, 6) is -1.15. The number of hydrogen-bond donors (Lipinski definition) is 2. The lowest BCUT2D eigenvalue weighted by atomic mass is 10.4. The lowest BCUT2D eigenvalue weighted by molar-refractivity contribution is -0.137. The summed E-state index contributed by atoms with van der Waals surface area (Å²) < 4.78 is 10.8. The zero-order valence-electron chi connectivity index (χ0n) is 6.19. The summed E-state index contributed by atoms with van der Waals surface area (Å²) in [6, 6.07) is -1.04. The topological polar surface area (TPSA) is 80.4 Å². The van der Waals surface area contributed by atoms with Gasteiger partial charge in [0.05, 0.1) is 5.75 Å². The molecule has 4 nitrogen and oxygen atoms in total. The molecule has 0 bridgehead atoms. The van der Waals surface area contributed by atoms with Crippen LogP contribution in [0.15, 0.2) is 11.5 Å². The van der Waals surface area contributed by atoms with Gasteiger partial charge in [0.2, 0.25) is 0 Å². The van der Waals surface area contributed by atoms with Crippen molar-refractivity contribution < 1.29 is 14.1 Å². The molecule has 0 rings (SSSR count). The molecule has 0 radical (unpaired) electrons. The highest BCUT2D eigenvalue weighted by Gasteiger charge is 2.12. The van der Waals surface area contributed by atoms with Gasteiger partial charge in [-0.05, 0) is 12.3 Å². The van der Waals surface area contributed by atoms with Crippen LogP contribution in [0.5, 0.6) is 0 Å². The molecule has 0 spiro atoms. The van der Waals surface area contributed by atoms with E-state index >= 15 is 0 Å². The Bertz CT molecular complexity index is 190. The molecule has 0 aromatic rings. The lowest BCUT2D eigenvalue weighted by Crippen LogP contribution is -2.35. The molecule has 5 heteroatoms. The molecule has 3 N–H and O–H groups in total. The van der Waals surface area contributed by atoms with Crippen molar-refractivity contribution in [1.82, 2.24) is 0 Å². The molecule has 0 saturated carbocycles. The minimum atomic E-state index is -1.26. The molecule has 0 aliphatic heterocycles. The van der Waals surface area contributed by atoms with E-state index in [4.69, 9.17) is 10.8 Å². The second-order valence-corrected chi connectivity index (χ2v) is 3.33. The van der Waals surface area contributed by atoms with Gasteiger partial charge in [-0.3, -0.25) is 9.00 Å². The van der Waals surface area contributed by atoms with Crippen molar-refractivity contribution in [2.24, 2.45) is 5.73 Å². The molecule has 0 aromatic carbocycles. The van der Waals surface area contributed by atoms with Crippen LogP contribution in [0.4, 0.5) is 0 Å². The summed E-state index contributed by atoms with van der Waals surface area (Å²) in [6.07, 6.45) is 1.60. The predicted molar refractivity (Wildman–Crippen MR) is 43.4 cm³/mol. The zero-order valence-corrected chi connectivity index (χ0v) is 7.00. The van der Waals surface area contributed by atoms with Gasteiger partial charge in [-0.25, -0.2) is 0 Å². The summed E-state index contributed by atoms with van der Waals surface area (Å²) in [6.45, 7) is 1.71. The van der Waals surface area contributed by atoms with Crippen LogP contribution in [-0.4, -0.2) is 27.1 Å². The van der Waals surface area contributed by atoms with Crippen molar-refractivity contribution in [3.63, 3.8) is 0 Å². The largest absolute Gasteiger partial charge is 0.480 e. The average molecular weight is 177 g/mol. The summed E-state index contributed by atoms with van der Waals surface area (Å²) in [7, 11) is -1.26. The fourth-order valence-corrected chi connectivity index (χ4v) is 1.37. The maximum atomic E-state index is 10.8. The van der Waals surface area contributed by atoms with Crippen molar-refractivity contribution in [3.05, 3.63) is 11.5 Å². The maximum absolute atomic E-state index is 10.8. The van der Waals surface area contributed by atoms with Gasteiger partial charge >= 0.3 is 5.97 Å². The first kappa shape index (κ1) is 10.3. The van der Waals surface area contributed by atoms with Gasteiger partial charge in [0.15, 0.2) is 0 Å². The van der Waals surface area contributed by atoms with E-state index in [1.807, 2.05) is 0 Å². The monoisotopic (exact) mass is 177 g/mol. The van der Waals surface area contributed by atoms with E-state index in [0.29, 0.717) is 0 Å².